The lowest BCUT2D eigenvalue weighted by molar-refractivity contribution is -0.123. The van der Waals surface area contributed by atoms with E-state index in [-0.39, 0.29) is 24.2 Å². The van der Waals surface area contributed by atoms with Crippen LogP contribution in [0.4, 0.5) is 0 Å². The highest BCUT2D eigenvalue weighted by atomic mass is 16.5. The Hall–Kier alpha value is -2.83. The number of carbonyl (C=O) groups is 1. The second-order valence-electron chi connectivity index (χ2n) is 5.08. The summed E-state index contributed by atoms with van der Waals surface area (Å²) in [4.78, 5) is 11.7. The Balaban J connectivity index is 1.77. The number of amides is 1. The monoisotopic (exact) mass is 311 g/mol. The summed E-state index contributed by atoms with van der Waals surface area (Å²) in [6.45, 7) is 1.21. The van der Waals surface area contributed by atoms with Gasteiger partial charge in [-0.25, -0.2) is 0 Å². The molecular formula is C17H17N3O3. The summed E-state index contributed by atoms with van der Waals surface area (Å²) in [7, 11) is 0. The maximum Gasteiger partial charge on any atom is 0.258 e. The van der Waals surface area contributed by atoms with Gasteiger partial charge in [0.25, 0.3) is 5.91 Å². The molecule has 0 saturated carbocycles. The number of benzene rings is 1. The van der Waals surface area contributed by atoms with E-state index in [1.807, 2.05) is 0 Å². The van der Waals surface area contributed by atoms with Gasteiger partial charge in [-0.1, -0.05) is 12.1 Å². The van der Waals surface area contributed by atoms with Gasteiger partial charge in [-0.15, -0.1) is 0 Å². The van der Waals surface area contributed by atoms with Gasteiger partial charge in [0.05, 0.1) is 6.10 Å². The average Bonchev–Trinajstić information content (AvgIpc) is 3.10. The Labute approximate surface area is 134 Å². The third-order valence-electron chi connectivity index (χ3n) is 3.35. The Kier molecular flexibility index (Phi) is 6.17. The Bertz CT molecular complexity index is 631. The van der Waals surface area contributed by atoms with Gasteiger partial charge in [-0.3, -0.25) is 4.79 Å². The summed E-state index contributed by atoms with van der Waals surface area (Å²) in [6, 6.07) is 10.4. The lowest BCUT2D eigenvalue weighted by Crippen LogP contribution is -2.35. The maximum absolute atomic E-state index is 11.7. The molecule has 0 spiro atoms. The van der Waals surface area contributed by atoms with Crippen molar-refractivity contribution in [3.05, 3.63) is 35.4 Å². The Morgan fingerprint density at radius 2 is 2.09 bits per heavy atom. The van der Waals surface area contributed by atoms with Crippen LogP contribution in [-0.4, -0.2) is 31.8 Å². The van der Waals surface area contributed by atoms with E-state index in [9.17, 15) is 4.79 Å². The van der Waals surface area contributed by atoms with E-state index in [0.717, 1.165) is 25.0 Å². The molecule has 1 aliphatic rings. The molecule has 1 saturated heterocycles. The molecular weight excluding hydrogens is 294 g/mol. The summed E-state index contributed by atoms with van der Waals surface area (Å²) in [5, 5.41) is 20.2. The first-order valence-electron chi connectivity index (χ1n) is 7.34. The molecule has 6 heteroatoms. The van der Waals surface area contributed by atoms with Crippen molar-refractivity contribution in [2.45, 2.75) is 18.9 Å². The smallest absolute Gasteiger partial charge is 0.258 e. The van der Waals surface area contributed by atoms with E-state index in [1.165, 1.54) is 6.08 Å². The summed E-state index contributed by atoms with van der Waals surface area (Å²) in [5.74, 6) is 0.352. The molecule has 1 aromatic rings. The average molecular weight is 311 g/mol. The number of hydrogen-bond donors (Lipinski definition) is 1. The molecule has 1 aliphatic heterocycles. The summed E-state index contributed by atoms with van der Waals surface area (Å²) in [5.41, 5.74) is 0.755. The predicted molar refractivity (Wildman–Crippen MR) is 83.1 cm³/mol. The minimum absolute atomic E-state index is 0.0344. The minimum Gasteiger partial charge on any atom is -0.484 e. The molecule has 1 unspecified atom stereocenters. The van der Waals surface area contributed by atoms with Crippen molar-refractivity contribution in [3.8, 4) is 17.9 Å². The van der Waals surface area contributed by atoms with Crippen LogP contribution in [0.1, 0.15) is 18.4 Å². The number of carbonyl (C=O) groups excluding carboxylic acids is 1. The van der Waals surface area contributed by atoms with Crippen LogP contribution in [0.15, 0.2) is 29.8 Å². The van der Waals surface area contributed by atoms with Gasteiger partial charge in [0.1, 0.15) is 23.5 Å². The highest BCUT2D eigenvalue weighted by molar-refractivity contribution is 5.77. The fourth-order valence-electron chi connectivity index (χ4n) is 2.15. The van der Waals surface area contributed by atoms with Crippen molar-refractivity contribution in [1.29, 1.82) is 10.5 Å². The molecule has 1 atom stereocenters. The number of nitriles is 2. The zero-order valence-corrected chi connectivity index (χ0v) is 12.6. The second-order valence-corrected chi connectivity index (χ2v) is 5.08. The van der Waals surface area contributed by atoms with E-state index >= 15 is 0 Å². The number of rotatable bonds is 6. The van der Waals surface area contributed by atoms with Crippen LogP contribution < -0.4 is 10.1 Å². The number of hydrogen-bond acceptors (Lipinski definition) is 5. The summed E-state index contributed by atoms with van der Waals surface area (Å²) >= 11 is 0. The topological polar surface area (TPSA) is 95.1 Å². The minimum atomic E-state index is -0.194. The third-order valence-corrected chi connectivity index (χ3v) is 3.35. The van der Waals surface area contributed by atoms with E-state index in [1.54, 1.807) is 36.4 Å². The highest BCUT2D eigenvalue weighted by Crippen LogP contribution is 2.14. The van der Waals surface area contributed by atoms with Gasteiger partial charge in [0.2, 0.25) is 0 Å². The van der Waals surface area contributed by atoms with Crippen molar-refractivity contribution in [3.63, 3.8) is 0 Å². The van der Waals surface area contributed by atoms with Crippen molar-refractivity contribution >= 4 is 12.0 Å². The molecule has 1 aromatic carbocycles. The van der Waals surface area contributed by atoms with Gasteiger partial charge >= 0.3 is 0 Å². The standard InChI is InChI=1S/C17H17N3O3/c18-9-14(10-19)8-13-3-5-15(6-4-13)23-12-17(21)20-11-16-2-1-7-22-16/h3-6,8,16H,1-2,7,11-12H2,(H,20,21). The van der Waals surface area contributed by atoms with Crippen LogP contribution in [0.3, 0.4) is 0 Å². The van der Waals surface area contributed by atoms with E-state index in [0.29, 0.717) is 12.3 Å². The quantitative estimate of drug-likeness (QED) is 0.808. The maximum atomic E-state index is 11.7. The largest absolute Gasteiger partial charge is 0.484 e. The first-order chi connectivity index (χ1) is 11.2. The number of allylic oxidation sites excluding steroid dienone is 1. The molecule has 0 aliphatic carbocycles. The second kappa shape index (κ2) is 8.57. The molecule has 1 fully saturated rings. The first-order valence-corrected chi connectivity index (χ1v) is 7.34. The Morgan fingerprint density at radius 3 is 2.70 bits per heavy atom. The molecule has 118 valence electrons. The zero-order valence-electron chi connectivity index (χ0n) is 12.6. The lowest BCUT2D eigenvalue weighted by Gasteiger charge is -2.11. The van der Waals surface area contributed by atoms with Crippen LogP contribution in [0.2, 0.25) is 0 Å². The summed E-state index contributed by atoms with van der Waals surface area (Å²) in [6.07, 6.45) is 3.61. The molecule has 0 radical (unpaired) electrons. The fourth-order valence-corrected chi connectivity index (χ4v) is 2.15. The molecule has 6 nitrogen and oxygen atoms in total. The van der Waals surface area contributed by atoms with Gasteiger partial charge in [-0.05, 0) is 36.6 Å². The van der Waals surface area contributed by atoms with E-state index < -0.39 is 0 Å². The van der Waals surface area contributed by atoms with Gasteiger partial charge in [0, 0.05) is 13.2 Å². The molecule has 0 bridgehead atoms. The van der Waals surface area contributed by atoms with Gasteiger partial charge in [0.15, 0.2) is 6.61 Å². The SMILES string of the molecule is N#CC(C#N)=Cc1ccc(OCC(=O)NCC2CCCO2)cc1. The number of ether oxygens (including phenoxy) is 2. The molecule has 23 heavy (non-hydrogen) atoms. The van der Waals surface area contributed by atoms with Crippen LogP contribution in [0.25, 0.3) is 6.08 Å². The Morgan fingerprint density at radius 1 is 1.35 bits per heavy atom. The van der Waals surface area contributed by atoms with Gasteiger partial charge < -0.3 is 14.8 Å². The molecule has 1 heterocycles. The fraction of sp³-hybridized carbons (Fsp3) is 0.353. The van der Waals surface area contributed by atoms with Crippen molar-refractivity contribution in [2.24, 2.45) is 0 Å². The predicted octanol–water partition coefficient (Wildman–Crippen LogP) is 1.79. The number of nitrogens with one attached hydrogen (secondary N) is 1. The van der Waals surface area contributed by atoms with Crippen LogP contribution >= 0.6 is 0 Å². The van der Waals surface area contributed by atoms with Crippen LogP contribution in [0, 0.1) is 22.7 Å². The molecule has 1 N–H and O–H groups in total. The van der Waals surface area contributed by atoms with Crippen LogP contribution in [0.5, 0.6) is 5.75 Å². The summed E-state index contributed by atoms with van der Waals surface area (Å²) < 4.78 is 10.8. The molecule has 0 aromatic heterocycles. The first kappa shape index (κ1) is 16.5. The van der Waals surface area contributed by atoms with Crippen molar-refractivity contribution < 1.29 is 14.3 Å². The normalized spacial score (nSPS) is 16.0. The highest BCUT2D eigenvalue weighted by Gasteiger charge is 2.16. The van der Waals surface area contributed by atoms with Crippen molar-refractivity contribution in [2.75, 3.05) is 19.8 Å². The van der Waals surface area contributed by atoms with Crippen LogP contribution in [-0.2, 0) is 9.53 Å². The van der Waals surface area contributed by atoms with E-state index in [2.05, 4.69) is 5.32 Å². The number of nitrogens with zero attached hydrogens (tertiary/aromatic N) is 2. The lowest BCUT2D eigenvalue weighted by atomic mass is 10.1. The van der Waals surface area contributed by atoms with E-state index in [4.69, 9.17) is 20.0 Å². The molecule has 2 rings (SSSR count). The van der Waals surface area contributed by atoms with Crippen molar-refractivity contribution in [1.82, 2.24) is 5.32 Å². The molecule has 1 amide bonds. The third kappa shape index (κ3) is 5.46. The zero-order chi connectivity index (χ0) is 16.5. The van der Waals surface area contributed by atoms with Gasteiger partial charge in [-0.2, -0.15) is 10.5 Å².